The van der Waals surface area contributed by atoms with E-state index in [1.807, 2.05) is 24.3 Å². The summed E-state index contributed by atoms with van der Waals surface area (Å²) in [5.74, 6) is 0.536. The average molecular weight is 235 g/mol. The molecule has 0 saturated carbocycles. The van der Waals surface area contributed by atoms with Gasteiger partial charge in [0, 0.05) is 11.6 Å². The van der Waals surface area contributed by atoms with Crippen molar-refractivity contribution in [2.24, 2.45) is 0 Å². The van der Waals surface area contributed by atoms with Crippen LogP contribution < -0.4 is 11.1 Å². The van der Waals surface area contributed by atoms with Crippen molar-refractivity contribution in [2.75, 3.05) is 11.1 Å². The van der Waals surface area contributed by atoms with Crippen molar-refractivity contribution in [3.63, 3.8) is 0 Å². The molecular weight excluding hydrogens is 224 g/mol. The molecule has 0 amide bonds. The number of halogens is 1. The number of nitrogens with one attached hydrogen (secondary N) is 1. The van der Waals surface area contributed by atoms with Crippen molar-refractivity contribution in [1.29, 1.82) is 0 Å². The van der Waals surface area contributed by atoms with Gasteiger partial charge in [0.2, 0.25) is 5.95 Å². The number of hydrogen-bond acceptors (Lipinski definition) is 4. The summed E-state index contributed by atoms with van der Waals surface area (Å²) < 4.78 is 0. The number of nitrogens with zero attached hydrogens (tertiary/aromatic N) is 2. The molecule has 0 bridgehead atoms. The van der Waals surface area contributed by atoms with Gasteiger partial charge in [-0.25, -0.2) is 9.97 Å². The molecule has 0 spiro atoms. The number of anilines is 2. The standard InChI is InChI=1S/C11H11ClN4/c12-10-4-2-1-3-8(10)5-14-11-15-6-9(13)7-16-11/h1-4,6-7H,5,13H2,(H,14,15,16). The number of rotatable bonds is 3. The second-order valence-corrected chi connectivity index (χ2v) is 3.69. The van der Waals surface area contributed by atoms with Gasteiger partial charge in [-0.2, -0.15) is 0 Å². The number of nitrogen functional groups attached to an aromatic ring is 1. The summed E-state index contributed by atoms with van der Waals surface area (Å²) in [7, 11) is 0. The molecule has 0 aliphatic heterocycles. The van der Waals surface area contributed by atoms with Gasteiger partial charge in [0.1, 0.15) is 0 Å². The highest BCUT2D eigenvalue weighted by atomic mass is 35.5. The Bertz CT molecular complexity index is 470. The van der Waals surface area contributed by atoms with Crippen LogP contribution >= 0.6 is 11.6 Å². The summed E-state index contributed by atoms with van der Waals surface area (Å²) in [5, 5.41) is 3.79. The first-order chi connectivity index (χ1) is 7.75. The quantitative estimate of drug-likeness (QED) is 0.856. The Morgan fingerprint density at radius 3 is 2.56 bits per heavy atom. The molecule has 0 fully saturated rings. The van der Waals surface area contributed by atoms with Gasteiger partial charge in [0.15, 0.2) is 0 Å². The van der Waals surface area contributed by atoms with Gasteiger partial charge in [0.25, 0.3) is 0 Å². The highest BCUT2D eigenvalue weighted by Crippen LogP contribution is 2.15. The van der Waals surface area contributed by atoms with Crippen LogP contribution in [0.5, 0.6) is 0 Å². The minimum Gasteiger partial charge on any atom is -0.396 e. The molecule has 0 saturated heterocycles. The molecule has 2 rings (SSSR count). The van der Waals surface area contributed by atoms with Crippen LogP contribution in [0.15, 0.2) is 36.7 Å². The molecule has 0 unspecified atom stereocenters. The molecule has 2 aromatic rings. The third kappa shape index (κ3) is 2.61. The number of nitrogens with two attached hydrogens (primary N) is 1. The Hall–Kier alpha value is -1.81. The number of benzene rings is 1. The third-order valence-electron chi connectivity index (χ3n) is 2.07. The van der Waals surface area contributed by atoms with E-state index in [0.29, 0.717) is 18.2 Å². The van der Waals surface area contributed by atoms with Gasteiger partial charge in [-0.1, -0.05) is 29.8 Å². The summed E-state index contributed by atoms with van der Waals surface area (Å²) >= 11 is 6.01. The fraction of sp³-hybridized carbons (Fsp3) is 0.0909. The molecule has 82 valence electrons. The van der Waals surface area contributed by atoms with Crippen molar-refractivity contribution in [3.8, 4) is 0 Å². The van der Waals surface area contributed by atoms with Crippen molar-refractivity contribution >= 4 is 23.2 Å². The molecule has 0 radical (unpaired) electrons. The smallest absolute Gasteiger partial charge is 0.222 e. The van der Waals surface area contributed by atoms with E-state index in [1.54, 1.807) is 12.4 Å². The Balaban J connectivity index is 2.02. The number of hydrogen-bond donors (Lipinski definition) is 2. The lowest BCUT2D eigenvalue weighted by Gasteiger charge is -2.06. The molecule has 16 heavy (non-hydrogen) atoms. The lowest BCUT2D eigenvalue weighted by molar-refractivity contribution is 1.06. The SMILES string of the molecule is Nc1cnc(NCc2ccccc2Cl)nc1. The average Bonchev–Trinajstić information content (AvgIpc) is 2.30. The fourth-order valence-corrected chi connectivity index (χ4v) is 1.45. The van der Waals surface area contributed by atoms with Crippen LogP contribution in [0.4, 0.5) is 11.6 Å². The molecule has 4 nitrogen and oxygen atoms in total. The zero-order valence-corrected chi connectivity index (χ0v) is 9.28. The molecule has 1 aromatic carbocycles. The van der Waals surface area contributed by atoms with E-state index in [9.17, 15) is 0 Å². The zero-order chi connectivity index (χ0) is 11.4. The predicted molar refractivity (Wildman–Crippen MR) is 65.2 cm³/mol. The Morgan fingerprint density at radius 2 is 1.88 bits per heavy atom. The highest BCUT2D eigenvalue weighted by molar-refractivity contribution is 6.31. The summed E-state index contributed by atoms with van der Waals surface area (Å²) in [6, 6.07) is 7.63. The van der Waals surface area contributed by atoms with Gasteiger partial charge in [-0.15, -0.1) is 0 Å². The van der Waals surface area contributed by atoms with Gasteiger partial charge >= 0.3 is 0 Å². The van der Waals surface area contributed by atoms with Gasteiger partial charge in [-0.3, -0.25) is 0 Å². The second kappa shape index (κ2) is 4.81. The Labute approximate surface area is 98.5 Å². The van der Waals surface area contributed by atoms with Crippen LogP contribution in [-0.2, 0) is 6.54 Å². The van der Waals surface area contributed by atoms with Crippen LogP contribution in [0.2, 0.25) is 5.02 Å². The van der Waals surface area contributed by atoms with Gasteiger partial charge < -0.3 is 11.1 Å². The van der Waals surface area contributed by atoms with Crippen molar-refractivity contribution in [1.82, 2.24) is 9.97 Å². The maximum absolute atomic E-state index is 6.01. The first-order valence-electron chi connectivity index (χ1n) is 4.80. The number of aromatic nitrogens is 2. The summed E-state index contributed by atoms with van der Waals surface area (Å²) in [4.78, 5) is 8.07. The molecule has 1 heterocycles. The second-order valence-electron chi connectivity index (χ2n) is 3.28. The normalized spacial score (nSPS) is 10.1. The van der Waals surface area contributed by atoms with Crippen molar-refractivity contribution in [3.05, 3.63) is 47.2 Å². The topological polar surface area (TPSA) is 63.8 Å². The van der Waals surface area contributed by atoms with Gasteiger partial charge in [0.05, 0.1) is 18.1 Å². The zero-order valence-electron chi connectivity index (χ0n) is 8.52. The Morgan fingerprint density at radius 1 is 1.19 bits per heavy atom. The fourth-order valence-electron chi connectivity index (χ4n) is 1.25. The molecule has 5 heteroatoms. The maximum Gasteiger partial charge on any atom is 0.222 e. The maximum atomic E-state index is 6.01. The molecule has 3 N–H and O–H groups in total. The first kappa shape index (κ1) is 10.7. The summed E-state index contributed by atoms with van der Waals surface area (Å²) in [6.45, 7) is 0.587. The van der Waals surface area contributed by atoms with Crippen molar-refractivity contribution in [2.45, 2.75) is 6.54 Å². The highest BCUT2D eigenvalue weighted by Gasteiger charge is 1.99. The molecule has 0 aliphatic rings. The van der Waals surface area contributed by atoms with E-state index in [4.69, 9.17) is 17.3 Å². The van der Waals surface area contributed by atoms with Crippen LogP contribution in [0.25, 0.3) is 0 Å². The van der Waals surface area contributed by atoms with Crippen LogP contribution in [0.3, 0.4) is 0 Å². The summed E-state index contributed by atoms with van der Waals surface area (Å²) in [6.07, 6.45) is 3.11. The lowest BCUT2D eigenvalue weighted by atomic mass is 10.2. The molecular formula is C11H11ClN4. The minimum absolute atomic E-state index is 0.536. The largest absolute Gasteiger partial charge is 0.396 e. The van der Waals surface area contributed by atoms with E-state index in [0.717, 1.165) is 10.6 Å². The molecule has 1 aromatic heterocycles. The van der Waals surface area contributed by atoms with E-state index >= 15 is 0 Å². The molecule has 0 atom stereocenters. The van der Waals surface area contributed by atoms with Gasteiger partial charge in [-0.05, 0) is 11.6 Å². The predicted octanol–water partition coefficient (Wildman–Crippen LogP) is 2.32. The van der Waals surface area contributed by atoms with E-state index in [2.05, 4.69) is 15.3 Å². The Kier molecular flexibility index (Phi) is 3.22. The van der Waals surface area contributed by atoms with Crippen molar-refractivity contribution < 1.29 is 0 Å². The summed E-state index contributed by atoms with van der Waals surface area (Å²) in [5.41, 5.74) is 7.03. The van der Waals surface area contributed by atoms with Crippen LogP contribution in [-0.4, -0.2) is 9.97 Å². The van der Waals surface area contributed by atoms with Crippen LogP contribution in [0.1, 0.15) is 5.56 Å². The third-order valence-corrected chi connectivity index (χ3v) is 2.44. The lowest BCUT2D eigenvalue weighted by Crippen LogP contribution is -2.04. The van der Waals surface area contributed by atoms with E-state index in [-0.39, 0.29) is 0 Å². The minimum atomic E-state index is 0.536. The van der Waals surface area contributed by atoms with E-state index < -0.39 is 0 Å². The molecule has 0 aliphatic carbocycles. The van der Waals surface area contributed by atoms with Crippen LogP contribution in [0, 0.1) is 0 Å². The monoisotopic (exact) mass is 234 g/mol. The van der Waals surface area contributed by atoms with E-state index in [1.165, 1.54) is 0 Å². The first-order valence-corrected chi connectivity index (χ1v) is 5.18.